The zero-order valence-corrected chi connectivity index (χ0v) is 19.3. The van der Waals surface area contributed by atoms with Gasteiger partial charge in [-0.2, -0.15) is 4.68 Å². The molecular formula is C23H21F2N7O2S. The van der Waals surface area contributed by atoms with Crippen LogP contribution in [0.3, 0.4) is 0 Å². The lowest BCUT2D eigenvalue weighted by atomic mass is 10.1. The number of carbonyl (C=O) groups is 1. The van der Waals surface area contributed by atoms with Crippen LogP contribution in [0.5, 0.6) is 0 Å². The molecule has 3 aromatic heterocycles. The molecule has 0 spiro atoms. The van der Waals surface area contributed by atoms with Crippen LogP contribution in [0.15, 0.2) is 36.5 Å². The van der Waals surface area contributed by atoms with E-state index in [9.17, 15) is 13.6 Å². The van der Waals surface area contributed by atoms with Gasteiger partial charge in [0.25, 0.3) is 0 Å². The average Bonchev–Trinajstić information content (AvgIpc) is 3.44. The highest BCUT2D eigenvalue weighted by Gasteiger charge is 2.21. The van der Waals surface area contributed by atoms with E-state index >= 15 is 0 Å². The number of nitrogen functional groups attached to an aromatic ring is 1. The van der Waals surface area contributed by atoms with Crippen LogP contribution in [0.1, 0.15) is 16.9 Å². The van der Waals surface area contributed by atoms with E-state index in [1.165, 1.54) is 22.6 Å². The van der Waals surface area contributed by atoms with Crippen molar-refractivity contribution in [3.05, 3.63) is 58.6 Å². The topological polar surface area (TPSA) is 123 Å². The van der Waals surface area contributed by atoms with E-state index < -0.39 is 17.6 Å². The van der Waals surface area contributed by atoms with E-state index in [1.807, 2.05) is 0 Å². The molecule has 4 heterocycles. The van der Waals surface area contributed by atoms with Crippen LogP contribution in [0.25, 0.3) is 27.5 Å². The fourth-order valence-electron chi connectivity index (χ4n) is 4.12. The minimum atomic E-state index is -1.07. The van der Waals surface area contributed by atoms with Crippen molar-refractivity contribution in [2.75, 3.05) is 25.4 Å². The normalized spacial score (nSPS) is 14.0. The number of carboxylic acid groups (broad SMARTS) is 1. The lowest BCUT2D eigenvalue weighted by Gasteiger charge is -2.18. The molecule has 0 aliphatic carbocycles. The molecular weight excluding hydrogens is 476 g/mol. The monoisotopic (exact) mass is 497 g/mol. The van der Waals surface area contributed by atoms with Crippen molar-refractivity contribution in [1.29, 1.82) is 0 Å². The number of pyridine rings is 1. The summed E-state index contributed by atoms with van der Waals surface area (Å²) in [4.78, 5) is 19.6. The van der Waals surface area contributed by atoms with Gasteiger partial charge in [-0.3, -0.25) is 4.79 Å². The third-order valence-corrected chi connectivity index (χ3v) is 7.25. The Morgan fingerprint density at radius 3 is 2.86 bits per heavy atom. The van der Waals surface area contributed by atoms with Gasteiger partial charge in [-0.05, 0) is 53.1 Å². The van der Waals surface area contributed by atoms with E-state index in [-0.39, 0.29) is 23.8 Å². The van der Waals surface area contributed by atoms with Gasteiger partial charge in [0, 0.05) is 41.1 Å². The first-order chi connectivity index (χ1) is 16.9. The Kier molecular flexibility index (Phi) is 6.22. The summed E-state index contributed by atoms with van der Waals surface area (Å²) in [6, 6.07) is 7.69. The molecule has 0 amide bonds. The first-order valence-corrected chi connectivity index (χ1v) is 11.8. The van der Waals surface area contributed by atoms with Gasteiger partial charge in [-0.15, -0.1) is 16.4 Å². The van der Waals surface area contributed by atoms with Gasteiger partial charge in [0.2, 0.25) is 0 Å². The van der Waals surface area contributed by atoms with E-state index in [2.05, 4.69) is 31.5 Å². The summed E-state index contributed by atoms with van der Waals surface area (Å²) < 4.78 is 29.3. The van der Waals surface area contributed by atoms with Crippen LogP contribution in [0.4, 0.5) is 14.6 Å². The highest BCUT2D eigenvalue weighted by atomic mass is 32.1. The van der Waals surface area contributed by atoms with Crippen molar-refractivity contribution in [2.45, 2.75) is 19.3 Å². The number of halogens is 2. The second-order valence-electron chi connectivity index (χ2n) is 8.19. The maximum atomic E-state index is 14.4. The first-order valence-electron chi connectivity index (χ1n) is 11.0. The van der Waals surface area contributed by atoms with Gasteiger partial charge in [0.1, 0.15) is 11.5 Å². The molecule has 0 radical (unpaired) electrons. The van der Waals surface area contributed by atoms with E-state index in [0.717, 1.165) is 47.1 Å². The van der Waals surface area contributed by atoms with Crippen molar-refractivity contribution >= 4 is 23.1 Å². The summed E-state index contributed by atoms with van der Waals surface area (Å²) in [6.07, 6.45) is 3.47. The number of benzene rings is 1. The van der Waals surface area contributed by atoms with Gasteiger partial charge >= 0.3 is 5.97 Å². The summed E-state index contributed by atoms with van der Waals surface area (Å²) in [5.74, 6) is -2.56. The average molecular weight is 498 g/mol. The van der Waals surface area contributed by atoms with Gasteiger partial charge in [-0.25, -0.2) is 13.8 Å². The lowest BCUT2D eigenvalue weighted by Crippen LogP contribution is -2.28. The molecule has 1 aliphatic heterocycles. The summed E-state index contributed by atoms with van der Waals surface area (Å²) >= 11 is 1.65. The van der Waals surface area contributed by atoms with E-state index in [4.69, 9.17) is 10.8 Å². The van der Waals surface area contributed by atoms with Crippen molar-refractivity contribution in [2.24, 2.45) is 0 Å². The molecule has 0 fully saturated rings. The standard InChI is InChI=1S/C23H21F2N7O2S/c24-16-2-1-3-17(21(16)25)32-23(28-29-30-32)15-10-14(12-27-22(15)26)19-11-13-4-7-31(9-6-20(33)34)8-5-18(13)35-19/h1-3,10-12H,4-9H2,(H2,26,27)(H,33,34). The zero-order valence-electron chi connectivity index (χ0n) is 18.5. The number of aliphatic carboxylic acids is 1. The minimum Gasteiger partial charge on any atom is -0.481 e. The lowest BCUT2D eigenvalue weighted by molar-refractivity contribution is -0.137. The molecule has 5 rings (SSSR count). The predicted octanol–water partition coefficient (Wildman–Crippen LogP) is 3.19. The predicted molar refractivity (Wildman–Crippen MR) is 126 cm³/mol. The number of thiophene rings is 1. The third kappa shape index (κ3) is 4.62. The molecule has 35 heavy (non-hydrogen) atoms. The number of anilines is 1. The Balaban J connectivity index is 1.44. The smallest absolute Gasteiger partial charge is 0.304 e. The molecule has 0 saturated heterocycles. The molecule has 0 unspecified atom stereocenters. The van der Waals surface area contributed by atoms with E-state index in [1.54, 1.807) is 23.6 Å². The number of rotatable bonds is 6. The molecule has 1 aromatic carbocycles. The number of hydrogen-bond acceptors (Lipinski definition) is 8. The summed E-state index contributed by atoms with van der Waals surface area (Å²) in [5, 5.41) is 20.4. The number of hydrogen-bond donors (Lipinski definition) is 2. The molecule has 0 saturated carbocycles. The second kappa shape index (κ2) is 9.47. The number of nitrogens with zero attached hydrogens (tertiary/aromatic N) is 6. The second-order valence-corrected chi connectivity index (χ2v) is 9.33. The van der Waals surface area contributed by atoms with Gasteiger partial charge in [0.05, 0.1) is 12.0 Å². The Hall–Kier alpha value is -3.77. The van der Waals surface area contributed by atoms with Crippen molar-refractivity contribution in [3.8, 4) is 27.5 Å². The quantitative estimate of drug-likeness (QED) is 0.416. The van der Waals surface area contributed by atoms with Crippen LogP contribution in [0, 0.1) is 11.6 Å². The zero-order chi connectivity index (χ0) is 24.5. The van der Waals surface area contributed by atoms with Crippen molar-refractivity contribution < 1.29 is 18.7 Å². The Labute approximate surface area is 202 Å². The SMILES string of the molecule is Nc1ncc(-c2cc3c(s2)CCN(CCC(=O)O)CC3)cc1-c1nnnn1-c1cccc(F)c1F. The molecule has 9 nitrogen and oxygen atoms in total. The number of carboxylic acids is 1. The largest absolute Gasteiger partial charge is 0.481 e. The fraction of sp³-hybridized carbons (Fsp3) is 0.261. The Morgan fingerprint density at radius 1 is 1.20 bits per heavy atom. The van der Waals surface area contributed by atoms with Gasteiger partial charge < -0.3 is 15.7 Å². The maximum Gasteiger partial charge on any atom is 0.304 e. The third-order valence-electron chi connectivity index (χ3n) is 5.96. The van der Waals surface area contributed by atoms with Crippen molar-refractivity contribution in [1.82, 2.24) is 30.1 Å². The number of tetrazole rings is 1. The molecule has 12 heteroatoms. The van der Waals surface area contributed by atoms with Crippen LogP contribution >= 0.6 is 11.3 Å². The fourth-order valence-corrected chi connectivity index (χ4v) is 5.30. The van der Waals surface area contributed by atoms with Crippen molar-refractivity contribution in [3.63, 3.8) is 0 Å². The van der Waals surface area contributed by atoms with E-state index in [0.29, 0.717) is 12.1 Å². The van der Waals surface area contributed by atoms with Crippen LogP contribution in [0.2, 0.25) is 0 Å². The number of aromatic nitrogens is 5. The van der Waals surface area contributed by atoms with Crippen LogP contribution in [-0.2, 0) is 17.6 Å². The Bertz CT molecular complexity index is 1380. The highest BCUT2D eigenvalue weighted by Crippen LogP contribution is 2.36. The van der Waals surface area contributed by atoms with Gasteiger partial charge in [0.15, 0.2) is 17.5 Å². The highest BCUT2D eigenvalue weighted by molar-refractivity contribution is 7.15. The minimum absolute atomic E-state index is 0.134. The molecule has 180 valence electrons. The molecule has 0 atom stereocenters. The number of nitrogens with two attached hydrogens (primary N) is 1. The summed E-state index contributed by atoms with van der Waals surface area (Å²) in [6.45, 7) is 2.15. The maximum absolute atomic E-state index is 14.4. The first kappa shape index (κ1) is 23.0. The summed E-state index contributed by atoms with van der Waals surface area (Å²) in [7, 11) is 0. The van der Waals surface area contributed by atoms with Gasteiger partial charge in [-0.1, -0.05) is 6.07 Å². The van der Waals surface area contributed by atoms with Crippen LogP contribution < -0.4 is 5.73 Å². The number of fused-ring (bicyclic) bond motifs is 1. The molecule has 0 bridgehead atoms. The summed E-state index contributed by atoms with van der Waals surface area (Å²) in [5.41, 5.74) is 8.43. The molecule has 1 aliphatic rings. The molecule has 3 N–H and O–H groups in total. The molecule has 4 aromatic rings. The Morgan fingerprint density at radius 2 is 2.03 bits per heavy atom. The van der Waals surface area contributed by atoms with Crippen LogP contribution in [-0.4, -0.2) is 60.8 Å².